The van der Waals surface area contributed by atoms with Crippen LogP contribution in [-0.4, -0.2) is 67.6 Å². The summed E-state index contributed by atoms with van der Waals surface area (Å²) in [6.45, 7) is 2.10. The van der Waals surface area contributed by atoms with Gasteiger partial charge in [-0.25, -0.2) is 9.78 Å². The maximum atomic E-state index is 12.3. The third-order valence-electron chi connectivity index (χ3n) is 4.09. The summed E-state index contributed by atoms with van der Waals surface area (Å²) < 4.78 is 4.81. The van der Waals surface area contributed by atoms with Crippen LogP contribution in [0.5, 0.6) is 0 Å². The van der Waals surface area contributed by atoms with Crippen LogP contribution >= 0.6 is 0 Å². The SMILES string of the molecule is COCCNC(=O)NC(=O)CN1CCC(C(=O)Nc2ccccn2)CC1. The van der Waals surface area contributed by atoms with Crippen LogP contribution in [0.1, 0.15) is 12.8 Å². The van der Waals surface area contributed by atoms with Gasteiger partial charge in [0, 0.05) is 25.8 Å². The summed E-state index contributed by atoms with van der Waals surface area (Å²) in [7, 11) is 1.53. The first-order valence-electron chi connectivity index (χ1n) is 8.59. The fourth-order valence-corrected chi connectivity index (χ4v) is 2.70. The van der Waals surface area contributed by atoms with Gasteiger partial charge in [0.2, 0.25) is 11.8 Å². The lowest BCUT2D eigenvalue weighted by atomic mass is 9.96. The third kappa shape index (κ3) is 6.77. The van der Waals surface area contributed by atoms with Crippen LogP contribution < -0.4 is 16.0 Å². The largest absolute Gasteiger partial charge is 0.383 e. The van der Waals surface area contributed by atoms with Gasteiger partial charge < -0.3 is 15.4 Å². The number of piperidine rings is 1. The second kappa shape index (κ2) is 10.5. The summed E-state index contributed by atoms with van der Waals surface area (Å²) in [6.07, 6.45) is 2.94. The van der Waals surface area contributed by atoms with Gasteiger partial charge >= 0.3 is 6.03 Å². The Labute approximate surface area is 152 Å². The molecule has 1 saturated heterocycles. The molecule has 1 aromatic heterocycles. The third-order valence-corrected chi connectivity index (χ3v) is 4.09. The van der Waals surface area contributed by atoms with Gasteiger partial charge in [0.1, 0.15) is 5.82 Å². The Kier molecular flexibility index (Phi) is 7.97. The van der Waals surface area contributed by atoms with E-state index in [2.05, 4.69) is 20.9 Å². The second-order valence-electron chi connectivity index (χ2n) is 6.05. The molecule has 1 aliphatic rings. The molecule has 3 N–H and O–H groups in total. The normalized spacial score (nSPS) is 15.3. The highest BCUT2D eigenvalue weighted by Crippen LogP contribution is 2.18. The molecule has 0 saturated carbocycles. The van der Waals surface area contributed by atoms with Crippen molar-refractivity contribution in [1.82, 2.24) is 20.5 Å². The van der Waals surface area contributed by atoms with E-state index in [0.29, 0.717) is 44.9 Å². The molecule has 9 heteroatoms. The van der Waals surface area contributed by atoms with E-state index in [4.69, 9.17) is 4.74 Å². The first kappa shape index (κ1) is 19.8. The Morgan fingerprint density at radius 2 is 2.04 bits per heavy atom. The quantitative estimate of drug-likeness (QED) is 0.597. The first-order chi connectivity index (χ1) is 12.6. The standard InChI is InChI=1S/C17H25N5O4/c1-26-11-8-19-17(25)21-15(23)12-22-9-5-13(6-10-22)16(24)20-14-4-2-3-7-18-14/h2-4,7,13H,5-6,8-12H2,1H3,(H,18,20,24)(H2,19,21,23,25). The van der Waals surface area contributed by atoms with Gasteiger partial charge in [-0.1, -0.05) is 6.07 Å². The van der Waals surface area contributed by atoms with Gasteiger partial charge in [-0.3, -0.25) is 19.8 Å². The molecule has 0 radical (unpaired) electrons. The first-order valence-corrected chi connectivity index (χ1v) is 8.59. The number of anilines is 1. The predicted octanol–water partition coefficient (Wildman–Crippen LogP) is 0.204. The average Bonchev–Trinajstić information content (AvgIpc) is 2.63. The van der Waals surface area contributed by atoms with Gasteiger partial charge in [0.05, 0.1) is 13.2 Å². The zero-order valence-corrected chi connectivity index (χ0v) is 14.9. The number of methoxy groups -OCH3 is 1. The Morgan fingerprint density at radius 1 is 1.27 bits per heavy atom. The lowest BCUT2D eigenvalue weighted by Crippen LogP contribution is -2.47. The molecule has 1 aliphatic heterocycles. The van der Waals surface area contributed by atoms with E-state index in [9.17, 15) is 14.4 Å². The number of nitrogens with zero attached hydrogens (tertiary/aromatic N) is 2. The van der Waals surface area contributed by atoms with Gasteiger partial charge in [-0.05, 0) is 38.1 Å². The fourth-order valence-electron chi connectivity index (χ4n) is 2.70. The number of aromatic nitrogens is 1. The van der Waals surface area contributed by atoms with Crippen molar-refractivity contribution in [3.05, 3.63) is 24.4 Å². The summed E-state index contributed by atoms with van der Waals surface area (Å²) in [6, 6.07) is 4.82. The molecule has 26 heavy (non-hydrogen) atoms. The summed E-state index contributed by atoms with van der Waals surface area (Å²) in [5, 5.41) is 7.61. The van der Waals surface area contributed by atoms with Crippen LogP contribution in [0.25, 0.3) is 0 Å². The van der Waals surface area contributed by atoms with Crippen molar-refractivity contribution < 1.29 is 19.1 Å². The Morgan fingerprint density at radius 3 is 2.69 bits per heavy atom. The maximum Gasteiger partial charge on any atom is 0.321 e. The number of pyridine rings is 1. The number of hydrogen-bond acceptors (Lipinski definition) is 6. The molecule has 4 amide bonds. The second-order valence-corrected chi connectivity index (χ2v) is 6.05. The number of amides is 4. The van der Waals surface area contributed by atoms with E-state index in [1.54, 1.807) is 18.3 Å². The number of rotatable bonds is 7. The van der Waals surface area contributed by atoms with Crippen LogP contribution in [0.4, 0.5) is 10.6 Å². The van der Waals surface area contributed by atoms with Crippen molar-refractivity contribution in [1.29, 1.82) is 0 Å². The molecule has 1 aromatic rings. The lowest BCUT2D eigenvalue weighted by molar-refractivity contribution is -0.122. The molecule has 0 spiro atoms. The molecule has 1 fully saturated rings. The molecular weight excluding hydrogens is 338 g/mol. The number of nitrogens with one attached hydrogen (secondary N) is 3. The van der Waals surface area contributed by atoms with Crippen molar-refractivity contribution in [2.24, 2.45) is 5.92 Å². The highest BCUT2D eigenvalue weighted by molar-refractivity contribution is 5.95. The zero-order valence-electron chi connectivity index (χ0n) is 14.9. The fraction of sp³-hybridized carbons (Fsp3) is 0.529. The van der Waals surface area contributed by atoms with Gasteiger partial charge in [-0.2, -0.15) is 0 Å². The Hall–Kier alpha value is -2.52. The molecule has 2 rings (SSSR count). The van der Waals surface area contributed by atoms with E-state index in [1.807, 2.05) is 11.0 Å². The van der Waals surface area contributed by atoms with E-state index in [1.165, 1.54) is 7.11 Å². The molecule has 9 nitrogen and oxygen atoms in total. The van der Waals surface area contributed by atoms with E-state index < -0.39 is 6.03 Å². The summed E-state index contributed by atoms with van der Waals surface area (Å²) in [5.41, 5.74) is 0. The molecule has 0 unspecified atom stereocenters. The topological polar surface area (TPSA) is 113 Å². The van der Waals surface area contributed by atoms with Crippen molar-refractivity contribution in [2.75, 3.05) is 45.2 Å². The highest BCUT2D eigenvalue weighted by Gasteiger charge is 2.26. The van der Waals surface area contributed by atoms with Crippen LogP contribution in [0.3, 0.4) is 0 Å². The van der Waals surface area contributed by atoms with Crippen molar-refractivity contribution in [3.63, 3.8) is 0 Å². The van der Waals surface area contributed by atoms with Crippen LogP contribution in [0, 0.1) is 5.92 Å². The van der Waals surface area contributed by atoms with Crippen molar-refractivity contribution >= 4 is 23.7 Å². The Bertz CT molecular complexity index is 602. The summed E-state index contributed by atoms with van der Waals surface area (Å²) in [4.78, 5) is 41.7. The average molecular weight is 363 g/mol. The highest BCUT2D eigenvalue weighted by atomic mass is 16.5. The summed E-state index contributed by atoms with van der Waals surface area (Å²) in [5.74, 6) is 0.0223. The predicted molar refractivity (Wildman–Crippen MR) is 95.4 cm³/mol. The van der Waals surface area contributed by atoms with Crippen LogP contribution in [0.2, 0.25) is 0 Å². The number of carbonyl (C=O) groups is 3. The van der Waals surface area contributed by atoms with Gasteiger partial charge in [-0.15, -0.1) is 0 Å². The van der Waals surface area contributed by atoms with Crippen LogP contribution in [0.15, 0.2) is 24.4 Å². The number of urea groups is 1. The minimum atomic E-state index is -0.531. The number of ether oxygens (including phenoxy) is 1. The molecule has 142 valence electrons. The number of imide groups is 1. The monoisotopic (exact) mass is 363 g/mol. The molecule has 0 bridgehead atoms. The summed E-state index contributed by atoms with van der Waals surface area (Å²) >= 11 is 0. The van der Waals surface area contributed by atoms with Crippen LogP contribution in [-0.2, 0) is 14.3 Å². The van der Waals surface area contributed by atoms with E-state index in [0.717, 1.165) is 0 Å². The molecule has 2 heterocycles. The van der Waals surface area contributed by atoms with Crippen molar-refractivity contribution in [3.8, 4) is 0 Å². The lowest BCUT2D eigenvalue weighted by Gasteiger charge is -2.30. The molecule has 0 aliphatic carbocycles. The van der Waals surface area contributed by atoms with Gasteiger partial charge in [0.15, 0.2) is 0 Å². The minimum Gasteiger partial charge on any atom is -0.383 e. The number of carbonyl (C=O) groups excluding carboxylic acids is 3. The minimum absolute atomic E-state index is 0.0506. The zero-order chi connectivity index (χ0) is 18.8. The van der Waals surface area contributed by atoms with Gasteiger partial charge in [0.25, 0.3) is 0 Å². The smallest absolute Gasteiger partial charge is 0.321 e. The number of hydrogen-bond donors (Lipinski definition) is 3. The maximum absolute atomic E-state index is 12.3. The Balaban J connectivity index is 1.67. The molecule has 0 atom stereocenters. The van der Waals surface area contributed by atoms with E-state index in [-0.39, 0.29) is 24.3 Å². The van der Waals surface area contributed by atoms with Crippen molar-refractivity contribution in [2.45, 2.75) is 12.8 Å². The van der Waals surface area contributed by atoms with E-state index >= 15 is 0 Å². The molecule has 0 aromatic carbocycles. The molecular formula is C17H25N5O4. The number of likely N-dealkylation sites (tertiary alicyclic amines) is 1.